The lowest BCUT2D eigenvalue weighted by Crippen LogP contribution is -2.58. The molecule has 3 N–H and O–H groups in total. The Labute approximate surface area is 437 Å². The van der Waals surface area contributed by atoms with E-state index < -0.39 is 11.2 Å². The number of hydrogen-bond acceptors (Lipinski definition) is 11. The quantitative estimate of drug-likeness (QED) is 0.109. The van der Waals surface area contributed by atoms with Crippen molar-refractivity contribution >= 4 is 63.4 Å². The van der Waals surface area contributed by atoms with E-state index in [1.165, 1.54) is 25.5 Å². The van der Waals surface area contributed by atoms with Gasteiger partial charge in [0.1, 0.15) is 5.52 Å². The molecule has 5 amide bonds. The summed E-state index contributed by atoms with van der Waals surface area (Å²) in [6.45, 7) is 8.32. The van der Waals surface area contributed by atoms with Crippen LogP contribution in [0.4, 0.5) is 27.3 Å². The largest absolute Gasteiger partial charge is 0.382 e. The van der Waals surface area contributed by atoms with Crippen molar-refractivity contribution in [3.8, 4) is 11.3 Å². The van der Waals surface area contributed by atoms with Crippen molar-refractivity contribution in [1.29, 1.82) is 0 Å². The highest BCUT2D eigenvalue weighted by Gasteiger charge is 2.56. The Kier molecular flexibility index (Phi) is 13.2. The molecule has 6 fully saturated rings. The maximum absolute atomic E-state index is 15.3. The van der Waals surface area contributed by atoms with Crippen LogP contribution in [0.1, 0.15) is 127 Å². The van der Waals surface area contributed by atoms with E-state index in [2.05, 4.69) is 62.8 Å². The number of likely N-dealkylation sites (tertiary alicyclic amines) is 3. The first-order valence-electron chi connectivity index (χ1n) is 27.7. The molecule has 2 aliphatic carbocycles. The number of rotatable bonds is 11. The van der Waals surface area contributed by atoms with E-state index >= 15 is 9.18 Å². The number of aromatic nitrogens is 4. The van der Waals surface area contributed by atoms with Crippen molar-refractivity contribution in [2.75, 3.05) is 54.8 Å². The fraction of sp³-hybridized carbons (Fsp3) is 0.517. The van der Waals surface area contributed by atoms with Gasteiger partial charge in [-0.25, -0.2) is 14.4 Å². The molecule has 1 spiro atoms. The summed E-state index contributed by atoms with van der Waals surface area (Å²) in [6, 6.07) is 18.6. The van der Waals surface area contributed by atoms with Crippen LogP contribution in [0.2, 0.25) is 0 Å². The number of carbonyl (C=O) groups is 5. The van der Waals surface area contributed by atoms with E-state index in [-0.39, 0.29) is 71.1 Å². The molecule has 17 heteroatoms. The number of benzene rings is 2. The van der Waals surface area contributed by atoms with Crippen molar-refractivity contribution in [3.05, 3.63) is 90.3 Å². The number of pyridine rings is 2. The maximum atomic E-state index is 15.3. The number of amides is 5. The van der Waals surface area contributed by atoms with Gasteiger partial charge in [-0.2, -0.15) is 0 Å². The van der Waals surface area contributed by atoms with Crippen LogP contribution in [-0.4, -0.2) is 121 Å². The van der Waals surface area contributed by atoms with Crippen molar-refractivity contribution in [3.63, 3.8) is 0 Å². The molecule has 16 nitrogen and oxygen atoms in total. The van der Waals surface area contributed by atoms with Crippen LogP contribution in [-0.2, 0) is 29.4 Å². The molecule has 2 atom stereocenters. The minimum absolute atomic E-state index is 0.0677. The molecular weight excluding hydrogens is 950 g/mol. The minimum Gasteiger partial charge on any atom is -0.382 e. The Morgan fingerprint density at radius 2 is 1.57 bits per heavy atom. The number of imidazole rings is 1. The van der Waals surface area contributed by atoms with Crippen molar-refractivity contribution in [2.45, 2.75) is 139 Å². The summed E-state index contributed by atoms with van der Waals surface area (Å²) in [6.07, 6.45) is 15.9. The van der Waals surface area contributed by atoms with Gasteiger partial charge in [-0.05, 0) is 145 Å². The zero-order valence-electron chi connectivity index (χ0n) is 43.1. The molecule has 2 saturated carbocycles. The molecule has 12 rings (SSSR count). The lowest BCUT2D eigenvalue weighted by atomic mass is 9.73. The van der Waals surface area contributed by atoms with Crippen molar-refractivity contribution in [1.82, 2.24) is 39.5 Å². The molecule has 3 aromatic heterocycles. The van der Waals surface area contributed by atoms with Gasteiger partial charge < -0.3 is 34.8 Å². The topological polar surface area (TPSA) is 178 Å². The van der Waals surface area contributed by atoms with E-state index in [0.29, 0.717) is 75.8 Å². The predicted octanol–water partition coefficient (Wildman–Crippen LogP) is 8.22. The van der Waals surface area contributed by atoms with E-state index in [4.69, 9.17) is 9.97 Å². The first kappa shape index (κ1) is 49.1. The van der Waals surface area contributed by atoms with Gasteiger partial charge in [-0.15, -0.1) is 0 Å². The minimum atomic E-state index is -0.759. The Balaban J connectivity index is 0.715. The molecular formula is C58H68FN11O5. The van der Waals surface area contributed by atoms with E-state index in [1.54, 1.807) is 18.6 Å². The maximum Gasteiger partial charge on any atom is 0.238 e. The number of nitrogens with zero attached hydrogens (tertiary/aromatic N) is 8. The summed E-state index contributed by atoms with van der Waals surface area (Å²) in [5.74, 6) is -0.755. The first-order valence-corrected chi connectivity index (χ1v) is 27.7. The molecule has 8 heterocycles. The fourth-order valence-electron chi connectivity index (χ4n) is 13.6. The average Bonchev–Trinajstić information content (AvgIpc) is 4.16. The highest BCUT2D eigenvalue weighted by Crippen LogP contribution is 2.52. The van der Waals surface area contributed by atoms with Gasteiger partial charge in [0.25, 0.3) is 0 Å². The summed E-state index contributed by atoms with van der Waals surface area (Å²) in [5, 5.41) is 9.31. The van der Waals surface area contributed by atoms with Crippen LogP contribution in [0.15, 0.2) is 73.3 Å². The van der Waals surface area contributed by atoms with Crippen LogP contribution >= 0.6 is 0 Å². The summed E-state index contributed by atoms with van der Waals surface area (Å²) >= 11 is 0. The second kappa shape index (κ2) is 20.1. The van der Waals surface area contributed by atoms with Gasteiger partial charge in [0, 0.05) is 85.8 Å². The number of fused-ring (bicyclic) bond motifs is 3. The highest BCUT2D eigenvalue weighted by molar-refractivity contribution is 6.09. The lowest BCUT2D eigenvalue weighted by Gasteiger charge is -2.48. The van der Waals surface area contributed by atoms with Gasteiger partial charge in [-0.3, -0.25) is 34.3 Å². The Hall–Kier alpha value is -6.75. The number of halogens is 1. The van der Waals surface area contributed by atoms with Crippen LogP contribution in [0.5, 0.6) is 0 Å². The Morgan fingerprint density at radius 3 is 2.31 bits per heavy atom. The first-order chi connectivity index (χ1) is 36.4. The van der Waals surface area contributed by atoms with Crippen molar-refractivity contribution < 1.29 is 28.4 Å². The monoisotopic (exact) mass is 1020 g/mol. The molecule has 392 valence electrons. The summed E-state index contributed by atoms with van der Waals surface area (Å²) in [7, 11) is 0. The van der Waals surface area contributed by atoms with E-state index in [1.807, 2.05) is 44.7 Å². The number of piperidine rings is 3. The SMILES string of the molecule is CC(C)n1cnc2cc(-c3ccc4c(c3)N([C@H]3C[C@@H](N5CCCCC5)C3)C(=O)C43CCN(C(=O)[C@@H]4CCN(C(=O)[C@H]5CC[C@H](Nc6ccc(C7CCC(=O)NC7=O)cc6)CC5)C4)CC3)nc(Nc3ccncc3F)c21. The third kappa shape index (κ3) is 9.22. The Morgan fingerprint density at radius 1 is 0.813 bits per heavy atom. The van der Waals surface area contributed by atoms with Crippen LogP contribution < -0.4 is 20.9 Å². The normalized spacial score (nSPS) is 25.9. The van der Waals surface area contributed by atoms with Gasteiger partial charge in [0.05, 0.1) is 46.7 Å². The van der Waals surface area contributed by atoms with Crippen molar-refractivity contribution in [2.24, 2.45) is 11.8 Å². The smallest absolute Gasteiger partial charge is 0.238 e. The Bertz CT molecular complexity index is 3020. The van der Waals surface area contributed by atoms with E-state index in [0.717, 1.165) is 90.7 Å². The number of carbonyl (C=O) groups excluding carboxylic acids is 5. The molecule has 5 aromatic rings. The fourth-order valence-corrected chi connectivity index (χ4v) is 13.6. The summed E-state index contributed by atoms with van der Waals surface area (Å²) in [4.78, 5) is 90.0. The number of imide groups is 1. The predicted molar refractivity (Wildman–Crippen MR) is 284 cm³/mol. The van der Waals surface area contributed by atoms with Crippen LogP contribution in [0, 0.1) is 17.7 Å². The molecule has 1 unspecified atom stereocenters. The lowest BCUT2D eigenvalue weighted by molar-refractivity contribution is -0.140. The van der Waals surface area contributed by atoms with Gasteiger partial charge in [0.15, 0.2) is 11.6 Å². The molecule has 5 aliphatic heterocycles. The molecule has 0 bridgehead atoms. The number of hydrogen-bond donors (Lipinski definition) is 3. The van der Waals surface area contributed by atoms with Gasteiger partial charge in [-0.1, -0.05) is 30.7 Å². The molecule has 0 radical (unpaired) electrons. The van der Waals surface area contributed by atoms with E-state index in [9.17, 15) is 19.2 Å². The standard InChI is InChI=1S/C58H68FN11O5/c1-35(2)69-34-61-49-31-48(64-53(52(49)69)63-47-18-22-60-32-46(47)59)38-10-16-45-50(28-38)70(43-29-42(30-43)66-23-4-3-5-24-66)57(75)58(45)20-26-67(27-21-58)56(74)39-19-25-68(33-39)55(73)37-8-13-41(14-9-37)62-40-11-6-36(7-12-40)44-15-17-51(71)65-54(44)72/h6-7,10-12,16,18,22,28,31-32,34-35,37,39,41-44,62H,3-5,8-9,13-15,17,19-21,23-27,29-30,33H2,1-2H3,(H,60,63,64)(H,65,71,72)/t37-,39-,41-,42-,43+,44?/m1/s1. The number of anilines is 4. The van der Waals surface area contributed by atoms with Crippen LogP contribution in [0.25, 0.3) is 22.3 Å². The zero-order chi connectivity index (χ0) is 51.5. The molecule has 7 aliphatic rings. The molecule has 75 heavy (non-hydrogen) atoms. The van der Waals surface area contributed by atoms with Gasteiger partial charge >= 0.3 is 0 Å². The highest BCUT2D eigenvalue weighted by atomic mass is 19.1. The van der Waals surface area contributed by atoms with Gasteiger partial charge in [0.2, 0.25) is 29.5 Å². The second-order valence-corrected chi connectivity index (χ2v) is 22.7. The third-order valence-corrected chi connectivity index (χ3v) is 18.0. The average molecular weight is 1020 g/mol. The molecule has 4 saturated heterocycles. The second-order valence-electron chi connectivity index (χ2n) is 22.7. The molecule has 2 aromatic carbocycles. The summed E-state index contributed by atoms with van der Waals surface area (Å²) in [5.41, 5.74) is 6.28. The summed E-state index contributed by atoms with van der Waals surface area (Å²) < 4.78 is 17.1. The number of nitrogens with one attached hydrogen (secondary N) is 3. The van der Waals surface area contributed by atoms with Crippen LogP contribution in [0.3, 0.4) is 0 Å². The zero-order valence-corrected chi connectivity index (χ0v) is 43.1. The third-order valence-electron chi connectivity index (χ3n) is 18.0.